The molecule has 1 atom stereocenters. The van der Waals surface area contributed by atoms with Crippen LogP contribution in [0, 0.1) is 0 Å². The highest BCUT2D eigenvalue weighted by Gasteiger charge is 2.30. The predicted molar refractivity (Wildman–Crippen MR) is 157 cm³/mol. The second-order valence-corrected chi connectivity index (χ2v) is 9.98. The van der Waals surface area contributed by atoms with E-state index in [4.69, 9.17) is 14.6 Å². The number of hydrogen-bond donors (Lipinski definition) is 2. The molecule has 0 amide bonds. The van der Waals surface area contributed by atoms with E-state index >= 15 is 0 Å². The predicted octanol–water partition coefficient (Wildman–Crippen LogP) is 6.73. The average Bonchev–Trinajstić information content (AvgIpc) is 3.31. The van der Waals surface area contributed by atoms with Gasteiger partial charge in [0.25, 0.3) is 0 Å². The number of benzene rings is 3. The minimum atomic E-state index is -0.827. The molecule has 1 aliphatic heterocycles. The molecule has 7 heteroatoms. The molecule has 0 spiro atoms. The Labute approximate surface area is 235 Å². The maximum absolute atomic E-state index is 11.3. The van der Waals surface area contributed by atoms with Crippen molar-refractivity contribution in [2.75, 3.05) is 31.2 Å². The summed E-state index contributed by atoms with van der Waals surface area (Å²) in [6, 6.07) is 23.9. The summed E-state index contributed by atoms with van der Waals surface area (Å²) in [5.41, 5.74) is 4.28. The van der Waals surface area contributed by atoms with E-state index in [1.807, 2.05) is 72.8 Å². The normalized spacial score (nSPS) is 14.3. The summed E-state index contributed by atoms with van der Waals surface area (Å²) in [6.45, 7) is 2.42. The van der Waals surface area contributed by atoms with Crippen LogP contribution in [0.5, 0.6) is 11.5 Å². The van der Waals surface area contributed by atoms with Gasteiger partial charge in [0.2, 0.25) is 0 Å². The molecule has 3 aromatic carbocycles. The van der Waals surface area contributed by atoms with Gasteiger partial charge in [0.05, 0.1) is 19.6 Å². The number of nitrogens with zero attached hydrogens (tertiary/aromatic N) is 1. The van der Waals surface area contributed by atoms with Gasteiger partial charge in [0.15, 0.2) is 0 Å². The van der Waals surface area contributed by atoms with Gasteiger partial charge in [0, 0.05) is 31.1 Å². The van der Waals surface area contributed by atoms with Gasteiger partial charge in [-0.05, 0) is 66.6 Å². The molecule has 0 saturated carbocycles. The van der Waals surface area contributed by atoms with Crippen LogP contribution in [0.4, 0.5) is 5.69 Å². The highest BCUT2D eigenvalue weighted by molar-refractivity contribution is 5.81. The van der Waals surface area contributed by atoms with Gasteiger partial charge < -0.3 is 24.6 Å². The number of aliphatic carboxylic acids is 2. The van der Waals surface area contributed by atoms with Crippen LogP contribution in [0.2, 0.25) is 0 Å². The molecular weight excluding hydrogens is 506 g/mol. The Morgan fingerprint density at radius 3 is 2.12 bits per heavy atom. The number of fused-ring (bicyclic) bond motifs is 1. The van der Waals surface area contributed by atoms with Gasteiger partial charge in [0.1, 0.15) is 11.5 Å². The first-order chi connectivity index (χ1) is 19.5. The highest BCUT2D eigenvalue weighted by Crippen LogP contribution is 2.42. The van der Waals surface area contributed by atoms with Crippen molar-refractivity contribution in [1.82, 2.24) is 0 Å². The van der Waals surface area contributed by atoms with Gasteiger partial charge >= 0.3 is 11.9 Å². The highest BCUT2D eigenvalue weighted by atomic mass is 16.5. The minimum absolute atomic E-state index is 0.0564. The Morgan fingerprint density at radius 1 is 0.775 bits per heavy atom. The summed E-state index contributed by atoms with van der Waals surface area (Å²) in [4.78, 5) is 24.4. The fraction of sp³-hybridized carbons (Fsp3) is 0.333. The van der Waals surface area contributed by atoms with Crippen LogP contribution in [0.1, 0.15) is 61.1 Å². The van der Waals surface area contributed by atoms with E-state index in [1.165, 1.54) is 0 Å². The molecule has 0 saturated heterocycles. The first kappa shape index (κ1) is 28.7. The lowest BCUT2D eigenvalue weighted by Gasteiger charge is -2.20. The van der Waals surface area contributed by atoms with Crippen LogP contribution in [0.25, 0.3) is 12.2 Å². The van der Waals surface area contributed by atoms with Crippen LogP contribution >= 0.6 is 0 Å². The Balaban J connectivity index is 1.32. The van der Waals surface area contributed by atoms with E-state index in [9.17, 15) is 14.7 Å². The van der Waals surface area contributed by atoms with E-state index in [0.29, 0.717) is 32.7 Å². The SMILES string of the molecule is O=C(O)CCCC1CN(CCC(=O)O)c2c(C=Cc3ccc(OCCCCOc4ccccc4)cc3)cccc21. The lowest BCUT2D eigenvalue weighted by atomic mass is 9.94. The van der Waals surface area contributed by atoms with Gasteiger partial charge in [-0.15, -0.1) is 0 Å². The lowest BCUT2D eigenvalue weighted by molar-refractivity contribution is -0.138. The maximum Gasteiger partial charge on any atom is 0.305 e. The van der Waals surface area contributed by atoms with E-state index in [2.05, 4.69) is 17.0 Å². The Morgan fingerprint density at radius 2 is 1.45 bits per heavy atom. The average molecular weight is 544 g/mol. The molecule has 0 aliphatic carbocycles. The number of ether oxygens (including phenoxy) is 2. The van der Waals surface area contributed by atoms with Crippen LogP contribution < -0.4 is 14.4 Å². The zero-order valence-corrected chi connectivity index (χ0v) is 22.7. The molecule has 3 aromatic rings. The molecular formula is C33H37NO6. The van der Waals surface area contributed by atoms with E-state index in [1.54, 1.807) is 0 Å². The van der Waals surface area contributed by atoms with Crippen LogP contribution in [0.3, 0.4) is 0 Å². The van der Waals surface area contributed by atoms with Crippen LogP contribution in [-0.2, 0) is 9.59 Å². The summed E-state index contributed by atoms with van der Waals surface area (Å²) in [5.74, 6) is 0.286. The first-order valence-electron chi connectivity index (χ1n) is 13.9. The van der Waals surface area contributed by atoms with Crippen molar-refractivity contribution in [3.05, 3.63) is 89.5 Å². The zero-order valence-electron chi connectivity index (χ0n) is 22.7. The van der Waals surface area contributed by atoms with Gasteiger partial charge in [-0.25, -0.2) is 0 Å². The Kier molecular flexibility index (Phi) is 10.6. The minimum Gasteiger partial charge on any atom is -0.494 e. The third-order valence-electron chi connectivity index (χ3n) is 6.99. The molecule has 1 heterocycles. The number of rotatable bonds is 16. The number of carboxylic acid groups (broad SMARTS) is 2. The van der Waals surface area contributed by atoms with Gasteiger partial charge in [-0.3, -0.25) is 9.59 Å². The number of hydrogen-bond acceptors (Lipinski definition) is 5. The van der Waals surface area contributed by atoms with E-state index in [0.717, 1.165) is 53.1 Å². The standard InChI is InChI=1S/C33H37NO6/c35-31(36)13-7-9-27-24-34(21-20-32(37)38)33-26(8-6-12-30(27)33)17-14-25-15-18-29(19-16-25)40-23-5-4-22-39-28-10-2-1-3-11-28/h1-3,6,8,10-12,14-19,27H,4-5,7,9,13,20-24H2,(H,35,36)(H,37,38). The van der Waals surface area contributed by atoms with Crippen LogP contribution in [0.15, 0.2) is 72.8 Å². The van der Waals surface area contributed by atoms with Crippen molar-refractivity contribution in [2.24, 2.45) is 0 Å². The molecule has 0 fully saturated rings. The van der Waals surface area contributed by atoms with Crippen molar-refractivity contribution >= 4 is 29.8 Å². The number of para-hydroxylation sites is 2. The number of unbranched alkanes of at least 4 members (excludes halogenated alkanes) is 1. The smallest absolute Gasteiger partial charge is 0.305 e. The molecule has 1 aliphatic rings. The number of carboxylic acids is 2. The van der Waals surface area contributed by atoms with Gasteiger partial charge in [-0.2, -0.15) is 0 Å². The quantitative estimate of drug-likeness (QED) is 0.153. The molecule has 0 bridgehead atoms. The Hall–Kier alpha value is -4.26. The monoisotopic (exact) mass is 543 g/mol. The third-order valence-corrected chi connectivity index (χ3v) is 6.99. The van der Waals surface area contributed by atoms with Crippen LogP contribution in [-0.4, -0.2) is 48.5 Å². The molecule has 4 rings (SSSR count). The maximum atomic E-state index is 11.3. The van der Waals surface area contributed by atoms with E-state index < -0.39 is 11.9 Å². The summed E-state index contributed by atoms with van der Waals surface area (Å²) in [6.07, 6.45) is 7.50. The Bertz CT molecular complexity index is 1270. The fourth-order valence-corrected chi connectivity index (χ4v) is 5.01. The second-order valence-electron chi connectivity index (χ2n) is 9.98. The third kappa shape index (κ3) is 8.63. The molecule has 2 N–H and O–H groups in total. The van der Waals surface area contributed by atoms with Crippen molar-refractivity contribution < 1.29 is 29.3 Å². The number of carbonyl (C=O) groups is 2. The van der Waals surface area contributed by atoms with Crippen molar-refractivity contribution in [1.29, 1.82) is 0 Å². The molecule has 0 radical (unpaired) electrons. The summed E-state index contributed by atoms with van der Waals surface area (Å²) in [7, 11) is 0. The zero-order chi connectivity index (χ0) is 28.2. The lowest BCUT2D eigenvalue weighted by Crippen LogP contribution is -2.25. The largest absolute Gasteiger partial charge is 0.494 e. The van der Waals surface area contributed by atoms with Gasteiger partial charge in [-0.1, -0.05) is 60.7 Å². The topological polar surface area (TPSA) is 96.3 Å². The molecule has 1 unspecified atom stereocenters. The summed E-state index contributed by atoms with van der Waals surface area (Å²) in [5, 5.41) is 18.3. The van der Waals surface area contributed by atoms with Crippen molar-refractivity contribution in [3.8, 4) is 11.5 Å². The van der Waals surface area contributed by atoms with Crippen molar-refractivity contribution in [2.45, 2.75) is 44.4 Å². The molecule has 40 heavy (non-hydrogen) atoms. The molecule has 0 aromatic heterocycles. The molecule has 210 valence electrons. The summed E-state index contributed by atoms with van der Waals surface area (Å²) < 4.78 is 11.6. The molecule has 7 nitrogen and oxygen atoms in total. The second kappa shape index (κ2) is 14.8. The number of anilines is 1. The fourth-order valence-electron chi connectivity index (χ4n) is 5.01. The summed E-state index contributed by atoms with van der Waals surface area (Å²) >= 11 is 0. The van der Waals surface area contributed by atoms with Crippen molar-refractivity contribution in [3.63, 3.8) is 0 Å². The first-order valence-corrected chi connectivity index (χ1v) is 13.9. The van der Waals surface area contributed by atoms with E-state index in [-0.39, 0.29) is 18.8 Å².